The number of benzene rings is 2. The molecule has 4 aromatic rings. The van der Waals surface area contributed by atoms with Crippen LogP contribution in [-0.4, -0.2) is 45.5 Å². The van der Waals surface area contributed by atoms with E-state index in [1.807, 2.05) is 36.4 Å². The van der Waals surface area contributed by atoms with Gasteiger partial charge in [0.1, 0.15) is 0 Å². The van der Waals surface area contributed by atoms with E-state index in [4.69, 9.17) is 19.4 Å². The van der Waals surface area contributed by atoms with Crippen LogP contribution >= 0.6 is 0 Å². The number of aliphatic carboxylic acids is 1. The van der Waals surface area contributed by atoms with Crippen molar-refractivity contribution < 1.29 is 46.7 Å². The first kappa shape index (κ1) is 27.2. The molecule has 0 spiro atoms. The fraction of sp³-hybridized carbons (Fsp3) is 0.115. The third kappa shape index (κ3) is 6.50. The molecule has 2 aromatic heterocycles. The molecular weight excluding hydrogens is 491 g/mol. The average Bonchev–Trinajstić information content (AvgIpc) is 2.84. The number of pyridine rings is 2. The number of phenolic OH excluding ortho intramolecular Hbond substituents is 2. The SMILES string of the molecule is CC(=O)O.COc1cccc(-c2cccc(-c3cccc(-c4cccc(OC)c4O)n3)n2)c1O.[Mn]. The van der Waals surface area contributed by atoms with E-state index >= 15 is 0 Å². The molecule has 0 unspecified atom stereocenters. The number of carbonyl (C=O) groups is 1. The van der Waals surface area contributed by atoms with Gasteiger partial charge >= 0.3 is 0 Å². The zero-order valence-electron chi connectivity index (χ0n) is 19.3. The van der Waals surface area contributed by atoms with E-state index in [2.05, 4.69) is 9.97 Å². The monoisotopic (exact) mass is 515 g/mol. The summed E-state index contributed by atoms with van der Waals surface area (Å²) in [6.45, 7) is 1.08. The molecule has 8 nitrogen and oxygen atoms in total. The number of hydrogen-bond donors (Lipinski definition) is 3. The second-order valence-electron chi connectivity index (χ2n) is 7.05. The van der Waals surface area contributed by atoms with Crippen molar-refractivity contribution in [2.24, 2.45) is 0 Å². The van der Waals surface area contributed by atoms with Crippen LogP contribution in [0.5, 0.6) is 23.0 Å². The summed E-state index contributed by atoms with van der Waals surface area (Å²) in [5.41, 5.74) is 3.61. The molecule has 35 heavy (non-hydrogen) atoms. The standard InChI is InChI=1S/C24H20N2O4.C2H4O2.Mn/c1-29-21-13-3-7-15(23(21)27)17-9-5-11-19(25-17)20-12-6-10-18(26-20)16-8-4-14-22(30-2)24(16)28;1-2(3)4;/h3-14,27-28H,1-2H3;1H3,(H,3,4);. The molecule has 1 radical (unpaired) electrons. The molecule has 0 aliphatic heterocycles. The van der Waals surface area contributed by atoms with Gasteiger partial charge in [0, 0.05) is 35.1 Å². The van der Waals surface area contributed by atoms with Gasteiger partial charge in [-0.05, 0) is 48.5 Å². The Kier molecular flexibility index (Phi) is 9.63. The van der Waals surface area contributed by atoms with E-state index in [-0.39, 0.29) is 28.6 Å². The number of aromatic hydroxyl groups is 2. The largest absolute Gasteiger partial charge is 0.504 e. The molecular formula is C26H24MnN2O6. The van der Waals surface area contributed by atoms with Gasteiger partial charge in [-0.25, -0.2) is 9.97 Å². The Balaban J connectivity index is 0.000000804. The van der Waals surface area contributed by atoms with Crippen LogP contribution < -0.4 is 9.47 Å². The summed E-state index contributed by atoms with van der Waals surface area (Å²) in [6, 6.07) is 21.6. The average molecular weight is 515 g/mol. The van der Waals surface area contributed by atoms with Crippen molar-refractivity contribution in [1.29, 1.82) is 0 Å². The quantitative estimate of drug-likeness (QED) is 0.318. The van der Waals surface area contributed by atoms with Crippen LogP contribution in [0.4, 0.5) is 0 Å². The molecule has 0 saturated heterocycles. The van der Waals surface area contributed by atoms with Crippen LogP contribution in [0, 0.1) is 0 Å². The first-order valence-electron chi connectivity index (χ1n) is 10.2. The Morgan fingerprint density at radius 2 is 0.971 bits per heavy atom. The molecule has 0 bridgehead atoms. The van der Waals surface area contributed by atoms with E-state index in [9.17, 15) is 10.2 Å². The molecule has 0 saturated carbocycles. The summed E-state index contributed by atoms with van der Waals surface area (Å²) in [4.78, 5) is 18.4. The molecule has 9 heteroatoms. The predicted octanol–water partition coefficient (Wildman–Crippen LogP) is 4.99. The summed E-state index contributed by atoms with van der Waals surface area (Å²) in [7, 11) is 3.01. The Morgan fingerprint density at radius 1 is 0.657 bits per heavy atom. The smallest absolute Gasteiger partial charge is 0.300 e. The normalized spacial score (nSPS) is 9.80. The van der Waals surface area contributed by atoms with Gasteiger partial charge in [-0.3, -0.25) is 4.79 Å². The number of hydrogen-bond acceptors (Lipinski definition) is 7. The maximum Gasteiger partial charge on any atom is 0.300 e. The second kappa shape index (κ2) is 12.4. The number of rotatable bonds is 5. The molecule has 3 N–H and O–H groups in total. The fourth-order valence-corrected chi connectivity index (χ4v) is 3.24. The van der Waals surface area contributed by atoms with Gasteiger partial charge < -0.3 is 24.8 Å². The molecule has 4 rings (SSSR count). The van der Waals surface area contributed by atoms with Gasteiger partial charge in [-0.1, -0.05) is 24.3 Å². The van der Waals surface area contributed by atoms with Crippen LogP contribution in [0.3, 0.4) is 0 Å². The van der Waals surface area contributed by atoms with Gasteiger partial charge in [0.25, 0.3) is 5.97 Å². The molecule has 0 aliphatic carbocycles. The number of phenols is 2. The second-order valence-corrected chi connectivity index (χ2v) is 7.05. The molecule has 181 valence electrons. The van der Waals surface area contributed by atoms with Gasteiger partial charge in [0.15, 0.2) is 23.0 Å². The summed E-state index contributed by atoms with van der Waals surface area (Å²) in [5.74, 6) is 0.00183. The van der Waals surface area contributed by atoms with Crippen LogP contribution in [0.1, 0.15) is 6.92 Å². The van der Waals surface area contributed by atoms with Gasteiger partial charge in [-0.15, -0.1) is 0 Å². The van der Waals surface area contributed by atoms with Crippen molar-refractivity contribution in [3.8, 4) is 56.9 Å². The van der Waals surface area contributed by atoms with E-state index in [0.29, 0.717) is 45.4 Å². The Morgan fingerprint density at radius 3 is 1.31 bits per heavy atom. The first-order valence-corrected chi connectivity index (χ1v) is 10.2. The third-order valence-electron chi connectivity index (χ3n) is 4.75. The van der Waals surface area contributed by atoms with Crippen molar-refractivity contribution in [2.45, 2.75) is 6.92 Å². The van der Waals surface area contributed by atoms with Gasteiger partial charge in [0.2, 0.25) is 0 Å². The molecule has 0 atom stereocenters. The van der Waals surface area contributed by atoms with E-state index < -0.39 is 5.97 Å². The summed E-state index contributed by atoms with van der Waals surface area (Å²) in [5, 5.41) is 28.3. The number of methoxy groups -OCH3 is 2. The topological polar surface area (TPSA) is 122 Å². The van der Waals surface area contributed by atoms with Crippen molar-refractivity contribution >= 4 is 5.97 Å². The van der Waals surface area contributed by atoms with Crippen LogP contribution in [0.2, 0.25) is 0 Å². The number of ether oxygens (including phenoxy) is 2. The third-order valence-corrected chi connectivity index (χ3v) is 4.75. The Labute approximate surface area is 213 Å². The predicted molar refractivity (Wildman–Crippen MR) is 128 cm³/mol. The van der Waals surface area contributed by atoms with Crippen molar-refractivity contribution in [2.75, 3.05) is 14.2 Å². The molecule has 0 fully saturated rings. The molecule has 2 heterocycles. The Bertz CT molecular complexity index is 1210. The number of para-hydroxylation sites is 2. The van der Waals surface area contributed by atoms with Crippen molar-refractivity contribution in [3.63, 3.8) is 0 Å². The van der Waals surface area contributed by atoms with Crippen LogP contribution in [-0.2, 0) is 21.9 Å². The van der Waals surface area contributed by atoms with Crippen molar-refractivity contribution in [1.82, 2.24) is 9.97 Å². The minimum atomic E-state index is -0.833. The van der Waals surface area contributed by atoms with E-state index in [1.165, 1.54) is 14.2 Å². The van der Waals surface area contributed by atoms with Gasteiger partial charge in [-0.2, -0.15) is 0 Å². The van der Waals surface area contributed by atoms with Crippen LogP contribution in [0.15, 0.2) is 72.8 Å². The van der Waals surface area contributed by atoms with E-state index in [0.717, 1.165) is 6.92 Å². The fourth-order valence-electron chi connectivity index (χ4n) is 3.24. The van der Waals surface area contributed by atoms with Crippen molar-refractivity contribution in [3.05, 3.63) is 72.8 Å². The molecule has 0 amide bonds. The van der Waals surface area contributed by atoms with E-state index in [1.54, 1.807) is 36.4 Å². The molecule has 0 aliphatic rings. The zero-order chi connectivity index (χ0) is 24.7. The number of carboxylic acids is 1. The van der Waals surface area contributed by atoms with Crippen LogP contribution in [0.25, 0.3) is 33.9 Å². The zero-order valence-corrected chi connectivity index (χ0v) is 20.4. The first-order chi connectivity index (χ1) is 16.3. The minimum Gasteiger partial charge on any atom is -0.504 e. The summed E-state index contributed by atoms with van der Waals surface area (Å²) in [6.07, 6.45) is 0. The minimum absolute atomic E-state index is 0. The summed E-state index contributed by atoms with van der Waals surface area (Å²) >= 11 is 0. The Hall–Kier alpha value is -4.07. The maximum atomic E-state index is 10.5. The number of carboxylic acid groups (broad SMARTS) is 1. The maximum absolute atomic E-state index is 10.5. The summed E-state index contributed by atoms with van der Waals surface area (Å²) < 4.78 is 10.4. The molecule has 2 aromatic carbocycles. The number of aromatic nitrogens is 2. The van der Waals surface area contributed by atoms with Gasteiger partial charge in [0.05, 0.1) is 37.0 Å². The number of nitrogens with zero attached hydrogens (tertiary/aromatic N) is 2.